The van der Waals surface area contributed by atoms with Gasteiger partial charge in [0.2, 0.25) is 0 Å². The van der Waals surface area contributed by atoms with E-state index in [1.807, 2.05) is 60.7 Å². The van der Waals surface area contributed by atoms with Crippen molar-refractivity contribution in [3.63, 3.8) is 0 Å². The number of nitrogens with zero attached hydrogens (tertiary/aromatic N) is 2. The molecule has 0 amide bonds. The summed E-state index contributed by atoms with van der Waals surface area (Å²) >= 11 is 0. The largest absolute Gasteiger partial charge is 0.500 e. The Morgan fingerprint density at radius 1 is 0.680 bits per heavy atom. The van der Waals surface area contributed by atoms with Crippen LogP contribution in [0.1, 0.15) is 8.30 Å². The van der Waals surface area contributed by atoms with Gasteiger partial charge in [-0.2, -0.15) is 0 Å². The summed E-state index contributed by atoms with van der Waals surface area (Å²) in [6.07, 6.45) is 3.64. The third-order valence-corrected chi connectivity index (χ3v) is 10.5. The van der Waals surface area contributed by atoms with E-state index < -0.39 is 14.9 Å². The number of pyridine rings is 2. The molecule has 3 heterocycles. The van der Waals surface area contributed by atoms with E-state index in [1.54, 1.807) is 18.3 Å². The van der Waals surface area contributed by atoms with Gasteiger partial charge in [-0.15, -0.1) is 54.1 Å². The maximum Gasteiger partial charge on any atom is 0.126 e. The van der Waals surface area contributed by atoms with E-state index in [0.29, 0.717) is 28.0 Å². The SMILES string of the molecule is C[Si](C)(C)c1cnc(-c2[c-]cccc2)cc1-c1ccccc1.[2H]C([2H])c1cnc(-c2[c-]ccc3c2oc2cc(F)ccc23)cc1-c1ccccc1.[Ir]. The van der Waals surface area contributed by atoms with E-state index in [1.165, 1.54) is 28.4 Å². The minimum absolute atomic E-state index is 0. The van der Waals surface area contributed by atoms with Crippen LogP contribution in [0.5, 0.6) is 0 Å². The van der Waals surface area contributed by atoms with Crippen molar-refractivity contribution >= 4 is 35.2 Å². The molecule has 5 aromatic carbocycles. The number of benzene rings is 5. The molecule has 0 saturated heterocycles. The number of aromatic nitrogens is 2. The summed E-state index contributed by atoms with van der Waals surface area (Å²) in [4.78, 5) is 9.19. The first-order valence-corrected chi connectivity index (χ1v) is 19.6. The van der Waals surface area contributed by atoms with Crippen LogP contribution < -0.4 is 5.19 Å². The smallest absolute Gasteiger partial charge is 0.126 e. The number of hydrogen-bond acceptors (Lipinski definition) is 3. The molecule has 0 fully saturated rings. The minimum atomic E-state index is -1.46. The molecule has 0 spiro atoms. The molecule has 0 aliphatic heterocycles. The number of aryl methyl sites for hydroxylation is 1. The third-order valence-electron chi connectivity index (χ3n) is 8.45. The van der Waals surface area contributed by atoms with Crippen molar-refractivity contribution in [2.24, 2.45) is 0 Å². The average Bonchev–Trinajstić information content (AvgIpc) is 3.53. The summed E-state index contributed by atoms with van der Waals surface area (Å²) in [6, 6.07) is 47.0. The van der Waals surface area contributed by atoms with Crippen LogP contribution >= 0.6 is 0 Å². The molecule has 1 radical (unpaired) electrons. The Bertz CT molecular complexity index is 2450. The predicted molar refractivity (Wildman–Crippen MR) is 203 cm³/mol. The fraction of sp³-hybridized carbons (Fsp3) is 0.0909. The fourth-order valence-electron chi connectivity index (χ4n) is 5.99. The van der Waals surface area contributed by atoms with Gasteiger partial charge in [0.05, 0.1) is 13.7 Å². The molecule has 0 saturated carbocycles. The normalized spacial score (nSPS) is 11.8. The molecule has 0 aliphatic carbocycles. The second-order valence-electron chi connectivity index (χ2n) is 12.9. The maximum absolute atomic E-state index is 13.6. The second kappa shape index (κ2) is 14.9. The van der Waals surface area contributed by atoms with Gasteiger partial charge in [0.15, 0.2) is 0 Å². The van der Waals surface area contributed by atoms with E-state index >= 15 is 0 Å². The molecule has 0 atom stereocenters. The standard InChI is InChI=1S/C24H15FNO.C20H20NSi.Ir/c1-15-14-26-22(13-21(15)16-6-3-2-4-7-16)20-9-5-8-19-18-11-10-17(25)12-23(18)27-24(19)20;1-22(2,3)20-15-21-19(17-12-8-5-9-13-17)14-18(20)16-10-6-4-7-11-16;/h2-8,10-14H,1H3;4-12,14-15H,1-3H3;/q2*-1;/i1D2;;. The molecule has 6 heteroatoms. The zero-order valence-electron chi connectivity index (χ0n) is 29.9. The summed E-state index contributed by atoms with van der Waals surface area (Å²) < 4.78 is 35.3. The van der Waals surface area contributed by atoms with Crippen molar-refractivity contribution in [3.05, 3.63) is 163 Å². The van der Waals surface area contributed by atoms with Gasteiger partial charge in [0, 0.05) is 46.7 Å². The second-order valence-corrected chi connectivity index (χ2v) is 17.9. The number of rotatable bonds is 5. The Morgan fingerprint density at radius 3 is 2.04 bits per heavy atom. The van der Waals surface area contributed by atoms with Crippen molar-refractivity contribution in [2.45, 2.75) is 26.5 Å². The number of fused-ring (bicyclic) bond motifs is 3. The van der Waals surface area contributed by atoms with E-state index in [4.69, 9.17) is 12.1 Å². The first-order valence-electron chi connectivity index (χ1n) is 17.3. The molecule has 0 bridgehead atoms. The molecule has 3 nitrogen and oxygen atoms in total. The molecule has 50 heavy (non-hydrogen) atoms. The van der Waals surface area contributed by atoms with Crippen LogP contribution in [-0.4, -0.2) is 18.0 Å². The third kappa shape index (κ3) is 7.29. The zero-order valence-corrected chi connectivity index (χ0v) is 31.3. The summed E-state index contributed by atoms with van der Waals surface area (Å²) in [5.74, 6) is -0.354. The van der Waals surface area contributed by atoms with Gasteiger partial charge in [0.25, 0.3) is 0 Å². The number of furan rings is 1. The van der Waals surface area contributed by atoms with Crippen LogP contribution in [-0.2, 0) is 20.1 Å². The van der Waals surface area contributed by atoms with E-state index in [2.05, 4.69) is 85.4 Å². The van der Waals surface area contributed by atoms with Gasteiger partial charge >= 0.3 is 0 Å². The van der Waals surface area contributed by atoms with Crippen LogP contribution in [0.2, 0.25) is 19.6 Å². The van der Waals surface area contributed by atoms with E-state index in [0.717, 1.165) is 33.2 Å². The van der Waals surface area contributed by atoms with Crippen molar-refractivity contribution in [1.29, 1.82) is 0 Å². The van der Waals surface area contributed by atoms with Crippen LogP contribution in [0.3, 0.4) is 0 Å². The molecule has 249 valence electrons. The molecule has 0 N–H and O–H groups in total. The Labute approximate surface area is 310 Å². The summed E-state index contributed by atoms with van der Waals surface area (Å²) in [6.45, 7) is 5.95. The van der Waals surface area contributed by atoms with Gasteiger partial charge in [-0.25, -0.2) is 4.39 Å². The molecule has 3 aromatic heterocycles. The Hall–Kier alpha value is -5.00. The molecule has 0 unspecified atom stereocenters. The van der Waals surface area contributed by atoms with E-state index in [-0.39, 0.29) is 25.9 Å². The van der Waals surface area contributed by atoms with Crippen molar-refractivity contribution in [1.82, 2.24) is 9.97 Å². The van der Waals surface area contributed by atoms with Crippen molar-refractivity contribution < 1.29 is 31.7 Å². The first-order chi connectivity index (χ1) is 24.7. The fourth-order valence-corrected chi connectivity index (χ4v) is 7.46. The van der Waals surface area contributed by atoms with Crippen LogP contribution in [0.25, 0.3) is 66.7 Å². The molecular weight excluding hydrogens is 812 g/mol. The molecule has 0 aliphatic rings. The van der Waals surface area contributed by atoms with Crippen LogP contribution in [0.4, 0.5) is 4.39 Å². The van der Waals surface area contributed by atoms with Gasteiger partial charge in [-0.05, 0) is 63.4 Å². The van der Waals surface area contributed by atoms with Crippen LogP contribution in [0, 0.1) is 24.8 Å². The van der Waals surface area contributed by atoms with E-state index in [9.17, 15) is 4.39 Å². The first kappa shape index (κ1) is 32.2. The number of halogens is 1. The Kier molecular flexibility index (Phi) is 9.57. The van der Waals surface area contributed by atoms with Crippen LogP contribution in [0.15, 0.2) is 144 Å². The topological polar surface area (TPSA) is 38.9 Å². The molecule has 8 aromatic rings. The summed E-state index contributed by atoms with van der Waals surface area (Å²) in [5, 5.41) is 3.09. The van der Waals surface area contributed by atoms with Gasteiger partial charge < -0.3 is 14.4 Å². The van der Waals surface area contributed by atoms with Gasteiger partial charge in [-0.1, -0.05) is 103 Å². The Morgan fingerprint density at radius 2 is 1.36 bits per heavy atom. The molecule has 8 rings (SSSR count). The molecular formula is C44H35FIrN2OSi-2. The minimum Gasteiger partial charge on any atom is -0.500 e. The van der Waals surface area contributed by atoms with Crippen molar-refractivity contribution in [3.8, 4) is 44.8 Å². The Balaban J connectivity index is 0.000000182. The number of hydrogen-bond donors (Lipinski definition) is 0. The summed E-state index contributed by atoms with van der Waals surface area (Å²) in [7, 11) is -1.46. The van der Waals surface area contributed by atoms with Crippen molar-refractivity contribution in [2.75, 3.05) is 0 Å². The quantitative estimate of drug-likeness (QED) is 0.128. The monoisotopic (exact) mass is 849 g/mol. The average molecular weight is 849 g/mol. The summed E-state index contributed by atoms with van der Waals surface area (Å²) in [5.41, 5.74) is 9.16. The maximum atomic E-state index is 13.6. The van der Waals surface area contributed by atoms with Gasteiger partial charge in [-0.3, -0.25) is 0 Å². The van der Waals surface area contributed by atoms with Gasteiger partial charge in [0.1, 0.15) is 11.4 Å². The zero-order chi connectivity index (χ0) is 35.5. The predicted octanol–water partition coefficient (Wildman–Crippen LogP) is 11.3.